The van der Waals surface area contributed by atoms with Gasteiger partial charge in [0.15, 0.2) is 0 Å². The summed E-state index contributed by atoms with van der Waals surface area (Å²) >= 11 is 0. The fraction of sp³-hybridized carbons (Fsp3) is 0.444. The highest BCUT2D eigenvalue weighted by molar-refractivity contribution is 5.37. The summed E-state index contributed by atoms with van der Waals surface area (Å²) < 4.78 is 7.14. The Labute approximate surface area is 211 Å². The van der Waals surface area contributed by atoms with Crippen molar-refractivity contribution < 1.29 is 25.2 Å². The number of phenols is 1. The molecule has 3 aromatic rings. The van der Waals surface area contributed by atoms with Crippen LogP contribution in [0.4, 0.5) is 0 Å². The number of aromatic nitrogens is 2. The number of ether oxygens (including phenoxy) is 1. The van der Waals surface area contributed by atoms with E-state index in [0.717, 1.165) is 62.9 Å². The van der Waals surface area contributed by atoms with Gasteiger partial charge in [0.25, 0.3) is 0 Å². The van der Waals surface area contributed by atoms with Gasteiger partial charge in [-0.25, -0.2) is 4.79 Å². The Morgan fingerprint density at radius 1 is 1.00 bits per heavy atom. The minimum atomic E-state index is -0.684. The van der Waals surface area contributed by atoms with Crippen LogP contribution >= 0.6 is 0 Å². The number of nitrogens with one attached hydrogen (secondary N) is 2. The highest BCUT2D eigenvalue weighted by atomic mass is 16.5. The maximum atomic E-state index is 11.8. The van der Waals surface area contributed by atoms with Gasteiger partial charge in [-0.1, -0.05) is 31.0 Å². The second-order valence-electron chi connectivity index (χ2n) is 8.88. The number of nitrogens with zero attached hydrogens (tertiary/aromatic N) is 1. The molecular formula is C27H37N3O6. The first-order valence-electron chi connectivity index (χ1n) is 12.5. The molecule has 2 aromatic carbocycles. The first kappa shape index (κ1) is 27.5. The predicted molar refractivity (Wildman–Crippen MR) is 138 cm³/mol. The number of aliphatic hydroxyl groups excluding tert-OH is 2. The fourth-order valence-electron chi connectivity index (χ4n) is 4.02. The van der Waals surface area contributed by atoms with Gasteiger partial charge >= 0.3 is 5.69 Å². The predicted octanol–water partition coefficient (Wildman–Crippen LogP) is 2.90. The van der Waals surface area contributed by atoms with Crippen molar-refractivity contribution in [3.05, 3.63) is 75.8 Å². The summed E-state index contributed by atoms with van der Waals surface area (Å²) in [5.74, 6) is -0.123. The lowest BCUT2D eigenvalue weighted by Gasteiger charge is -2.14. The van der Waals surface area contributed by atoms with Crippen LogP contribution in [-0.4, -0.2) is 56.3 Å². The van der Waals surface area contributed by atoms with Gasteiger partial charge in [-0.15, -0.1) is 0 Å². The summed E-state index contributed by atoms with van der Waals surface area (Å²) in [6.07, 6.45) is 6.63. The van der Waals surface area contributed by atoms with Crippen LogP contribution in [0.1, 0.15) is 54.9 Å². The molecular weight excluding hydrogens is 462 g/mol. The molecule has 1 heterocycles. The molecule has 0 saturated heterocycles. The lowest BCUT2D eigenvalue weighted by Crippen LogP contribution is -2.22. The quantitative estimate of drug-likeness (QED) is 0.167. The van der Waals surface area contributed by atoms with E-state index in [1.165, 1.54) is 16.8 Å². The molecule has 0 unspecified atom stereocenters. The second-order valence-corrected chi connectivity index (χ2v) is 8.88. The normalized spacial score (nSPS) is 12.2. The van der Waals surface area contributed by atoms with E-state index in [0.29, 0.717) is 24.3 Å². The SMILES string of the molecule is O=c1[nH]c(O)cn1-c1cccc(CCCOCCCCCCNC[C@H](O)c2ccc(O)c(CO)c2)c1. The molecule has 0 aliphatic carbocycles. The van der Waals surface area contributed by atoms with E-state index >= 15 is 0 Å². The third kappa shape index (κ3) is 8.53. The van der Waals surface area contributed by atoms with E-state index in [-0.39, 0.29) is 23.9 Å². The summed E-state index contributed by atoms with van der Waals surface area (Å²) in [6.45, 7) is 2.40. The summed E-state index contributed by atoms with van der Waals surface area (Å²) in [5, 5.41) is 41.8. The number of hydrogen-bond acceptors (Lipinski definition) is 7. The van der Waals surface area contributed by atoms with Gasteiger partial charge < -0.3 is 30.5 Å². The standard InChI is InChI=1S/C27H37N3O6/c31-19-22-16-21(10-11-24(22)32)25(33)17-28-12-3-1-2-4-13-36-14-6-8-20-7-5-9-23(15-20)30-18-26(34)29-27(30)35/h5,7,9-11,15-16,18,25,28,31-34H,1-4,6,8,12-14,17,19H2,(H,29,35)/t25-/m0/s1. The molecule has 196 valence electrons. The van der Waals surface area contributed by atoms with Crippen molar-refractivity contribution in [2.75, 3.05) is 26.3 Å². The summed E-state index contributed by atoms with van der Waals surface area (Å²) in [5.41, 5.74) is 2.55. The van der Waals surface area contributed by atoms with Gasteiger partial charge in [-0.3, -0.25) is 9.55 Å². The zero-order valence-electron chi connectivity index (χ0n) is 20.5. The zero-order valence-corrected chi connectivity index (χ0v) is 20.5. The molecule has 0 spiro atoms. The number of benzene rings is 2. The number of H-pyrrole nitrogens is 1. The smallest absolute Gasteiger partial charge is 0.332 e. The molecule has 9 heteroatoms. The van der Waals surface area contributed by atoms with Gasteiger partial charge in [0.2, 0.25) is 5.88 Å². The Bertz CT molecular complexity index is 1130. The topological polar surface area (TPSA) is 140 Å². The molecule has 0 amide bonds. The second kappa shape index (κ2) is 14.4. The van der Waals surface area contributed by atoms with Gasteiger partial charge in [0.1, 0.15) is 5.75 Å². The molecule has 6 N–H and O–H groups in total. The summed E-state index contributed by atoms with van der Waals surface area (Å²) in [6, 6.07) is 12.5. The van der Waals surface area contributed by atoms with E-state index in [9.17, 15) is 25.2 Å². The Hall–Kier alpha value is -3.11. The number of aromatic amines is 1. The monoisotopic (exact) mass is 499 g/mol. The van der Waals surface area contributed by atoms with E-state index in [1.54, 1.807) is 12.1 Å². The third-order valence-corrected chi connectivity index (χ3v) is 6.04. The summed E-state index contributed by atoms with van der Waals surface area (Å²) in [4.78, 5) is 14.2. The molecule has 36 heavy (non-hydrogen) atoms. The number of rotatable bonds is 16. The van der Waals surface area contributed by atoms with Crippen molar-refractivity contribution in [1.82, 2.24) is 14.9 Å². The molecule has 0 saturated carbocycles. The van der Waals surface area contributed by atoms with E-state index in [4.69, 9.17) is 4.74 Å². The maximum Gasteiger partial charge on any atom is 0.332 e. The van der Waals surface area contributed by atoms with Crippen molar-refractivity contribution >= 4 is 0 Å². The van der Waals surface area contributed by atoms with Crippen molar-refractivity contribution in [2.45, 2.75) is 51.2 Å². The van der Waals surface area contributed by atoms with E-state index in [2.05, 4.69) is 10.3 Å². The molecule has 9 nitrogen and oxygen atoms in total. The van der Waals surface area contributed by atoms with Crippen LogP contribution in [0.25, 0.3) is 5.69 Å². The number of hydrogen-bond donors (Lipinski definition) is 6. The van der Waals surface area contributed by atoms with Gasteiger partial charge in [0, 0.05) is 25.3 Å². The van der Waals surface area contributed by atoms with Crippen molar-refractivity contribution in [2.24, 2.45) is 0 Å². The Kier molecular flexibility index (Phi) is 11.0. The molecule has 0 aliphatic rings. The number of aryl methyl sites for hydroxylation is 1. The van der Waals surface area contributed by atoms with Crippen LogP contribution in [0.15, 0.2) is 53.5 Å². The molecule has 0 aliphatic heterocycles. The highest BCUT2D eigenvalue weighted by Crippen LogP contribution is 2.22. The molecule has 1 aromatic heterocycles. The number of unbranched alkanes of at least 4 members (excludes halogenated alkanes) is 3. The van der Waals surface area contributed by atoms with E-state index < -0.39 is 6.10 Å². The molecule has 1 atom stereocenters. The average Bonchev–Trinajstić information content (AvgIpc) is 3.22. The van der Waals surface area contributed by atoms with Crippen LogP contribution in [-0.2, 0) is 17.8 Å². The molecule has 0 fully saturated rings. The molecule has 3 rings (SSSR count). The van der Waals surface area contributed by atoms with Gasteiger partial charge in [-0.2, -0.15) is 0 Å². The summed E-state index contributed by atoms with van der Waals surface area (Å²) in [7, 11) is 0. The Balaban J connectivity index is 1.19. The minimum Gasteiger partial charge on any atom is -0.508 e. The minimum absolute atomic E-state index is 0.0326. The average molecular weight is 500 g/mol. The lowest BCUT2D eigenvalue weighted by atomic mass is 10.1. The van der Waals surface area contributed by atoms with Crippen LogP contribution in [0.2, 0.25) is 0 Å². The first-order chi connectivity index (χ1) is 17.5. The van der Waals surface area contributed by atoms with Gasteiger partial charge in [0.05, 0.1) is 24.6 Å². The van der Waals surface area contributed by atoms with Crippen molar-refractivity contribution in [3.63, 3.8) is 0 Å². The number of aliphatic hydroxyl groups is 2. The van der Waals surface area contributed by atoms with Crippen LogP contribution in [0, 0.1) is 0 Å². The van der Waals surface area contributed by atoms with Crippen molar-refractivity contribution in [3.8, 4) is 17.3 Å². The molecule has 0 radical (unpaired) electrons. The number of imidazole rings is 1. The van der Waals surface area contributed by atoms with Crippen LogP contribution < -0.4 is 11.0 Å². The fourth-order valence-corrected chi connectivity index (χ4v) is 4.02. The maximum absolute atomic E-state index is 11.8. The van der Waals surface area contributed by atoms with Crippen molar-refractivity contribution in [1.29, 1.82) is 0 Å². The Morgan fingerprint density at radius 2 is 1.81 bits per heavy atom. The zero-order chi connectivity index (χ0) is 25.8. The van der Waals surface area contributed by atoms with E-state index in [1.807, 2.05) is 24.3 Å². The highest BCUT2D eigenvalue weighted by Gasteiger charge is 2.10. The Morgan fingerprint density at radius 3 is 2.58 bits per heavy atom. The van der Waals surface area contributed by atoms with Crippen LogP contribution in [0.5, 0.6) is 11.6 Å². The van der Waals surface area contributed by atoms with Gasteiger partial charge in [-0.05, 0) is 67.6 Å². The largest absolute Gasteiger partial charge is 0.508 e. The third-order valence-electron chi connectivity index (χ3n) is 6.04. The van der Waals surface area contributed by atoms with Crippen LogP contribution in [0.3, 0.4) is 0 Å². The number of aromatic hydroxyl groups is 2. The molecule has 0 bridgehead atoms. The lowest BCUT2D eigenvalue weighted by molar-refractivity contribution is 0.127. The first-order valence-corrected chi connectivity index (χ1v) is 12.5.